The summed E-state index contributed by atoms with van der Waals surface area (Å²) in [6.45, 7) is 0. The highest BCUT2D eigenvalue weighted by atomic mass is 35.5. The third-order valence-electron chi connectivity index (χ3n) is 3.74. The van der Waals surface area contributed by atoms with E-state index in [2.05, 4.69) is 10.1 Å². The highest BCUT2D eigenvalue weighted by molar-refractivity contribution is 6.30. The van der Waals surface area contributed by atoms with Crippen molar-refractivity contribution in [1.82, 2.24) is 10.1 Å². The van der Waals surface area contributed by atoms with Crippen LogP contribution in [0, 0.1) is 0 Å². The fourth-order valence-corrected chi connectivity index (χ4v) is 2.55. The largest absolute Gasteiger partial charge is 0.496 e. The molecule has 1 aliphatic rings. The molecule has 1 aromatic heterocycles. The number of aromatic nitrogens is 2. The molecule has 0 radical (unpaired) electrons. The van der Waals surface area contributed by atoms with Gasteiger partial charge in [-0.05, 0) is 37.5 Å². The molecular formula is C14H17Cl2N3O2. The Bertz CT molecular complexity index is 626. The van der Waals surface area contributed by atoms with Crippen LogP contribution in [0.5, 0.6) is 5.75 Å². The summed E-state index contributed by atoms with van der Waals surface area (Å²) >= 11 is 6.01. The molecule has 114 valence electrons. The van der Waals surface area contributed by atoms with Gasteiger partial charge in [0.25, 0.3) is 0 Å². The molecule has 0 saturated heterocycles. The van der Waals surface area contributed by atoms with Crippen molar-refractivity contribution < 1.29 is 9.26 Å². The molecule has 2 aromatic rings. The van der Waals surface area contributed by atoms with Gasteiger partial charge >= 0.3 is 0 Å². The van der Waals surface area contributed by atoms with E-state index in [4.69, 9.17) is 26.6 Å². The van der Waals surface area contributed by atoms with E-state index in [1.54, 1.807) is 13.2 Å². The Morgan fingerprint density at radius 2 is 2.19 bits per heavy atom. The fraction of sp³-hybridized carbons (Fsp3) is 0.429. The van der Waals surface area contributed by atoms with Crippen molar-refractivity contribution in [1.29, 1.82) is 0 Å². The van der Waals surface area contributed by atoms with Gasteiger partial charge < -0.3 is 15.0 Å². The zero-order valence-corrected chi connectivity index (χ0v) is 13.2. The van der Waals surface area contributed by atoms with Crippen molar-refractivity contribution in [2.45, 2.75) is 31.2 Å². The number of nitrogens with two attached hydrogens (primary N) is 1. The normalized spacial score (nSPS) is 16.0. The third-order valence-corrected chi connectivity index (χ3v) is 3.98. The monoisotopic (exact) mass is 329 g/mol. The van der Waals surface area contributed by atoms with Crippen LogP contribution in [0.2, 0.25) is 5.02 Å². The Kier molecular flexibility index (Phi) is 4.76. The number of nitrogens with zero attached hydrogens (tertiary/aromatic N) is 2. The predicted octanol–water partition coefficient (Wildman–Crippen LogP) is 3.08. The highest BCUT2D eigenvalue weighted by Gasteiger charge is 2.38. The lowest BCUT2D eigenvalue weighted by Crippen LogP contribution is -2.44. The topological polar surface area (TPSA) is 74.2 Å². The van der Waals surface area contributed by atoms with Gasteiger partial charge in [-0.3, -0.25) is 0 Å². The van der Waals surface area contributed by atoms with E-state index >= 15 is 0 Å². The lowest BCUT2D eigenvalue weighted by molar-refractivity contribution is 0.229. The molecule has 1 saturated carbocycles. The molecule has 0 atom stereocenters. The van der Waals surface area contributed by atoms with Crippen LogP contribution < -0.4 is 10.5 Å². The zero-order valence-electron chi connectivity index (χ0n) is 11.6. The second-order valence-electron chi connectivity index (χ2n) is 5.15. The summed E-state index contributed by atoms with van der Waals surface area (Å²) in [5.41, 5.74) is 6.69. The van der Waals surface area contributed by atoms with Crippen LogP contribution in [0.25, 0.3) is 0 Å². The average Bonchev–Trinajstić information content (AvgIpc) is 2.85. The standard InChI is InChI=1S/C14H16ClN3O2.ClH/c1-19-11-4-3-10(15)7-9(11)8-12-17-13(18-20-12)14(16)5-2-6-14;/h3-4,7H,2,5-6,8,16H2,1H3;1H. The Balaban J connectivity index is 0.00000161. The smallest absolute Gasteiger partial charge is 0.231 e. The predicted molar refractivity (Wildman–Crippen MR) is 82.1 cm³/mol. The summed E-state index contributed by atoms with van der Waals surface area (Å²) in [5, 5.41) is 4.65. The Morgan fingerprint density at radius 1 is 1.43 bits per heavy atom. The lowest BCUT2D eigenvalue weighted by atomic mass is 9.77. The first-order valence-corrected chi connectivity index (χ1v) is 6.93. The van der Waals surface area contributed by atoms with Gasteiger partial charge in [-0.15, -0.1) is 12.4 Å². The van der Waals surface area contributed by atoms with Crippen molar-refractivity contribution in [2.75, 3.05) is 7.11 Å². The van der Waals surface area contributed by atoms with Gasteiger partial charge in [0.2, 0.25) is 5.89 Å². The van der Waals surface area contributed by atoms with E-state index < -0.39 is 5.54 Å². The van der Waals surface area contributed by atoms with Gasteiger partial charge in [0.15, 0.2) is 5.82 Å². The average molecular weight is 330 g/mol. The molecule has 1 aliphatic carbocycles. The second-order valence-corrected chi connectivity index (χ2v) is 5.59. The van der Waals surface area contributed by atoms with Crippen LogP contribution in [0.3, 0.4) is 0 Å². The molecule has 1 heterocycles. The number of benzene rings is 1. The van der Waals surface area contributed by atoms with Gasteiger partial charge in [-0.2, -0.15) is 4.98 Å². The van der Waals surface area contributed by atoms with Crippen LogP contribution in [0.4, 0.5) is 0 Å². The molecule has 7 heteroatoms. The van der Waals surface area contributed by atoms with E-state index in [1.807, 2.05) is 12.1 Å². The first-order valence-electron chi connectivity index (χ1n) is 6.55. The lowest BCUT2D eigenvalue weighted by Gasteiger charge is -2.34. The first kappa shape index (κ1) is 16.1. The first-order chi connectivity index (χ1) is 9.60. The van der Waals surface area contributed by atoms with Crippen LogP contribution in [-0.4, -0.2) is 17.3 Å². The molecule has 2 N–H and O–H groups in total. The van der Waals surface area contributed by atoms with Gasteiger partial charge in [0.05, 0.1) is 19.1 Å². The van der Waals surface area contributed by atoms with Gasteiger partial charge in [-0.25, -0.2) is 0 Å². The number of hydrogen-bond donors (Lipinski definition) is 1. The molecule has 0 spiro atoms. The van der Waals surface area contributed by atoms with Crippen molar-refractivity contribution >= 4 is 24.0 Å². The Morgan fingerprint density at radius 3 is 2.81 bits per heavy atom. The molecule has 5 nitrogen and oxygen atoms in total. The molecule has 1 fully saturated rings. The molecule has 21 heavy (non-hydrogen) atoms. The molecule has 0 bridgehead atoms. The van der Waals surface area contributed by atoms with Crippen LogP contribution in [0.1, 0.15) is 36.5 Å². The highest BCUT2D eigenvalue weighted by Crippen LogP contribution is 2.37. The summed E-state index contributed by atoms with van der Waals surface area (Å²) in [6.07, 6.45) is 3.41. The summed E-state index contributed by atoms with van der Waals surface area (Å²) in [6, 6.07) is 5.45. The second kappa shape index (κ2) is 6.22. The zero-order chi connectivity index (χ0) is 14.2. The minimum atomic E-state index is -0.403. The molecule has 0 aliphatic heterocycles. The maximum Gasteiger partial charge on any atom is 0.231 e. The summed E-state index contributed by atoms with van der Waals surface area (Å²) in [7, 11) is 1.62. The maximum absolute atomic E-state index is 6.18. The van der Waals surface area contributed by atoms with Gasteiger partial charge in [-0.1, -0.05) is 16.8 Å². The summed E-state index contributed by atoms with van der Waals surface area (Å²) in [5.74, 6) is 1.87. The Labute approximate surface area is 134 Å². The van der Waals surface area contributed by atoms with E-state index in [0.717, 1.165) is 30.6 Å². The molecule has 0 amide bonds. The van der Waals surface area contributed by atoms with Gasteiger partial charge in [0, 0.05) is 10.6 Å². The van der Waals surface area contributed by atoms with Crippen molar-refractivity contribution in [3.05, 3.63) is 40.5 Å². The quantitative estimate of drug-likeness (QED) is 0.932. The molecular weight excluding hydrogens is 313 g/mol. The molecule has 1 aromatic carbocycles. The molecule has 3 rings (SSSR count). The number of methoxy groups -OCH3 is 1. The van der Waals surface area contributed by atoms with Crippen LogP contribution in [-0.2, 0) is 12.0 Å². The van der Waals surface area contributed by atoms with Gasteiger partial charge in [0.1, 0.15) is 5.75 Å². The minimum Gasteiger partial charge on any atom is -0.496 e. The van der Waals surface area contributed by atoms with Crippen molar-refractivity contribution in [3.8, 4) is 5.75 Å². The SMILES string of the molecule is COc1ccc(Cl)cc1Cc1nc(C2(N)CCC2)no1.Cl. The number of rotatable bonds is 4. The van der Waals surface area contributed by atoms with Crippen LogP contribution >= 0.6 is 24.0 Å². The fourth-order valence-electron chi connectivity index (χ4n) is 2.36. The Hall–Kier alpha value is -1.30. The van der Waals surface area contributed by atoms with Crippen LogP contribution in [0.15, 0.2) is 22.7 Å². The van der Waals surface area contributed by atoms with Crippen molar-refractivity contribution in [2.24, 2.45) is 5.73 Å². The number of hydrogen-bond acceptors (Lipinski definition) is 5. The van der Waals surface area contributed by atoms with E-state index in [9.17, 15) is 0 Å². The summed E-state index contributed by atoms with van der Waals surface area (Å²) < 4.78 is 10.6. The summed E-state index contributed by atoms with van der Waals surface area (Å²) in [4.78, 5) is 4.40. The minimum absolute atomic E-state index is 0. The van der Waals surface area contributed by atoms with Crippen molar-refractivity contribution in [3.63, 3.8) is 0 Å². The molecule has 0 unspecified atom stereocenters. The number of ether oxygens (including phenoxy) is 1. The van der Waals surface area contributed by atoms with E-state index in [1.165, 1.54) is 0 Å². The van der Waals surface area contributed by atoms with E-state index in [0.29, 0.717) is 23.2 Å². The third kappa shape index (κ3) is 3.15. The maximum atomic E-state index is 6.18. The van der Waals surface area contributed by atoms with E-state index in [-0.39, 0.29) is 12.4 Å². The number of halogens is 2.